The monoisotopic (exact) mass is 402 g/mol. The van der Waals surface area contributed by atoms with Crippen LogP contribution in [-0.2, 0) is 25.1 Å². The van der Waals surface area contributed by atoms with Gasteiger partial charge in [0.2, 0.25) is 5.91 Å². The van der Waals surface area contributed by atoms with Crippen molar-refractivity contribution in [1.29, 1.82) is 0 Å². The smallest absolute Gasteiger partial charge is 0.328 e. The lowest BCUT2D eigenvalue weighted by Crippen LogP contribution is -2.42. The van der Waals surface area contributed by atoms with E-state index in [9.17, 15) is 18.6 Å². The largest absolute Gasteiger partial charge is 0.467 e. The number of hydrogen-bond acceptors (Lipinski definition) is 5. The molecule has 0 aliphatic carbocycles. The highest BCUT2D eigenvalue weighted by atomic mass is 32.2. The van der Waals surface area contributed by atoms with Gasteiger partial charge in [-0.2, -0.15) is 0 Å². The molecule has 2 rings (SSSR count). The second kappa shape index (κ2) is 10.4. The summed E-state index contributed by atoms with van der Waals surface area (Å²) < 4.78 is 17.1. The molecule has 2 aromatic carbocycles. The number of amides is 2. The molecule has 148 valence electrons. The van der Waals surface area contributed by atoms with Gasteiger partial charge >= 0.3 is 5.97 Å². The molecule has 0 saturated carbocycles. The van der Waals surface area contributed by atoms with Crippen LogP contribution in [0.5, 0.6) is 0 Å². The van der Waals surface area contributed by atoms with Crippen molar-refractivity contribution in [2.24, 2.45) is 0 Å². The lowest BCUT2D eigenvalue weighted by molar-refractivity contribution is -0.142. The summed E-state index contributed by atoms with van der Waals surface area (Å²) in [6, 6.07) is 14.2. The molecule has 8 heteroatoms. The molecule has 28 heavy (non-hydrogen) atoms. The van der Waals surface area contributed by atoms with Gasteiger partial charge in [0, 0.05) is 28.8 Å². The fourth-order valence-electron chi connectivity index (χ4n) is 2.46. The molecule has 0 aromatic heterocycles. The lowest BCUT2D eigenvalue weighted by atomic mass is 10.1. The van der Waals surface area contributed by atoms with Gasteiger partial charge in [-0.1, -0.05) is 18.2 Å². The summed E-state index contributed by atoms with van der Waals surface area (Å²) in [5, 5.41) is 5.22. The fraction of sp³-hybridized carbons (Fsp3) is 0.250. The third kappa shape index (κ3) is 6.31. The molecule has 2 amide bonds. The van der Waals surface area contributed by atoms with E-state index in [4.69, 9.17) is 4.74 Å². The Morgan fingerprint density at radius 3 is 2.25 bits per heavy atom. The van der Waals surface area contributed by atoms with Crippen LogP contribution in [0.25, 0.3) is 0 Å². The van der Waals surface area contributed by atoms with Crippen molar-refractivity contribution in [2.75, 3.05) is 18.2 Å². The average Bonchev–Trinajstić information content (AvgIpc) is 2.70. The van der Waals surface area contributed by atoms with Gasteiger partial charge in [-0.15, -0.1) is 0 Å². The lowest BCUT2D eigenvalue weighted by Gasteiger charge is -2.16. The highest BCUT2D eigenvalue weighted by Gasteiger charge is 2.23. The van der Waals surface area contributed by atoms with Crippen LogP contribution < -0.4 is 10.6 Å². The van der Waals surface area contributed by atoms with Crippen molar-refractivity contribution < 1.29 is 23.3 Å². The summed E-state index contributed by atoms with van der Waals surface area (Å²) >= 11 is 0. The summed E-state index contributed by atoms with van der Waals surface area (Å²) in [4.78, 5) is 36.2. The third-order valence-corrected chi connectivity index (χ3v) is 5.26. The Hall–Kier alpha value is -3.00. The van der Waals surface area contributed by atoms with Crippen molar-refractivity contribution in [3.63, 3.8) is 0 Å². The molecule has 0 aliphatic heterocycles. The molecule has 0 saturated heterocycles. The number of methoxy groups -OCH3 is 1. The van der Waals surface area contributed by atoms with Crippen LogP contribution in [0.4, 0.5) is 5.69 Å². The molecule has 0 fully saturated rings. The van der Waals surface area contributed by atoms with Crippen LogP contribution in [0.2, 0.25) is 0 Å². The van der Waals surface area contributed by atoms with E-state index in [0.29, 0.717) is 16.1 Å². The first kappa shape index (κ1) is 21.3. The zero-order valence-electron chi connectivity index (χ0n) is 15.6. The number of rotatable bonds is 8. The zero-order valence-corrected chi connectivity index (χ0v) is 16.5. The SMILES string of the molecule is COC(=O)[C@@H](CC[S@](=O)c1ccccc1)NC(=O)c1ccc(NC(C)=O)cc1. The Morgan fingerprint density at radius 1 is 1.04 bits per heavy atom. The van der Waals surface area contributed by atoms with Gasteiger partial charge in [-0.3, -0.25) is 13.8 Å². The van der Waals surface area contributed by atoms with E-state index >= 15 is 0 Å². The molecule has 0 heterocycles. The summed E-state index contributed by atoms with van der Waals surface area (Å²) in [6.45, 7) is 1.39. The normalized spacial score (nSPS) is 12.5. The second-order valence-electron chi connectivity index (χ2n) is 5.96. The van der Waals surface area contributed by atoms with E-state index in [1.165, 1.54) is 26.2 Å². The number of benzene rings is 2. The molecule has 2 atom stereocenters. The molecule has 2 aromatic rings. The van der Waals surface area contributed by atoms with Crippen LogP contribution in [0.15, 0.2) is 59.5 Å². The van der Waals surface area contributed by atoms with E-state index in [1.54, 1.807) is 36.4 Å². The maximum Gasteiger partial charge on any atom is 0.328 e. The maximum absolute atomic E-state index is 12.4. The number of carbonyl (C=O) groups excluding carboxylic acids is 3. The van der Waals surface area contributed by atoms with E-state index in [-0.39, 0.29) is 18.1 Å². The van der Waals surface area contributed by atoms with E-state index in [1.807, 2.05) is 6.07 Å². The number of nitrogens with one attached hydrogen (secondary N) is 2. The minimum absolute atomic E-state index is 0.171. The van der Waals surface area contributed by atoms with E-state index in [0.717, 1.165) is 0 Å². The molecule has 2 N–H and O–H groups in total. The Labute approximate surface area is 165 Å². The van der Waals surface area contributed by atoms with E-state index < -0.39 is 28.7 Å². The van der Waals surface area contributed by atoms with Crippen molar-refractivity contribution in [2.45, 2.75) is 24.3 Å². The standard InChI is InChI=1S/C20H22N2O5S/c1-14(23)21-16-10-8-15(9-11-16)19(24)22-18(20(25)27-2)12-13-28(26)17-6-4-3-5-7-17/h3-11,18H,12-13H2,1-2H3,(H,21,23)(H,22,24)/t18-,28+/m1/s1. The highest BCUT2D eigenvalue weighted by molar-refractivity contribution is 7.85. The number of anilines is 1. The van der Waals surface area contributed by atoms with Crippen molar-refractivity contribution in [3.05, 3.63) is 60.2 Å². The minimum atomic E-state index is -1.29. The first-order valence-corrected chi connectivity index (χ1v) is 9.92. The van der Waals surface area contributed by atoms with Crippen LogP contribution in [0.3, 0.4) is 0 Å². The Morgan fingerprint density at radius 2 is 1.68 bits per heavy atom. The quantitative estimate of drug-likeness (QED) is 0.659. The predicted molar refractivity (Wildman–Crippen MR) is 106 cm³/mol. The van der Waals surface area contributed by atoms with Crippen LogP contribution >= 0.6 is 0 Å². The third-order valence-electron chi connectivity index (χ3n) is 3.86. The fourth-order valence-corrected chi connectivity index (χ4v) is 3.60. The zero-order chi connectivity index (χ0) is 20.5. The average molecular weight is 402 g/mol. The van der Waals surface area contributed by atoms with Crippen molar-refractivity contribution >= 4 is 34.3 Å². The number of carbonyl (C=O) groups is 3. The van der Waals surface area contributed by atoms with Gasteiger partial charge in [-0.05, 0) is 42.8 Å². The molecule has 0 spiro atoms. The topological polar surface area (TPSA) is 102 Å². The Kier molecular flexibility index (Phi) is 7.88. The summed E-state index contributed by atoms with van der Waals surface area (Å²) in [6.07, 6.45) is 0.171. The van der Waals surface area contributed by atoms with Crippen LogP contribution in [0, 0.1) is 0 Å². The number of esters is 1. The molecular formula is C20H22N2O5S. The summed E-state index contributed by atoms with van der Waals surface area (Å²) in [5.74, 6) is -1.08. The van der Waals surface area contributed by atoms with Gasteiger partial charge < -0.3 is 15.4 Å². The van der Waals surface area contributed by atoms with Crippen LogP contribution in [0.1, 0.15) is 23.7 Å². The van der Waals surface area contributed by atoms with Crippen molar-refractivity contribution in [3.8, 4) is 0 Å². The number of hydrogen-bond donors (Lipinski definition) is 2. The minimum Gasteiger partial charge on any atom is -0.467 e. The molecular weight excluding hydrogens is 380 g/mol. The van der Waals surface area contributed by atoms with Gasteiger partial charge in [0.05, 0.1) is 17.9 Å². The molecule has 0 aliphatic rings. The highest BCUT2D eigenvalue weighted by Crippen LogP contribution is 2.11. The number of ether oxygens (including phenoxy) is 1. The van der Waals surface area contributed by atoms with Gasteiger partial charge in [-0.25, -0.2) is 4.79 Å². The second-order valence-corrected chi connectivity index (χ2v) is 7.53. The van der Waals surface area contributed by atoms with Gasteiger partial charge in [0.25, 0.3) is 5.91 Å². The first-order valence-electron chi connectivity index (χ1n) is 8.60. The molecule has 7 nitrogen and oxygen atoms in total. The predicted octanol–water partition coefficient (Wildman–Crippen LogP) is 2.11. The maximum atomic E-state index is 12.4. The summed E-state index contributed by atoms with van der Waals surface area (Å²) in [7, 11) is -0.0560. The van der Waals surface area contributed by atoms with Gasteiger partial charge in [0.15, 0.2) is 0 Å². The van der Waals surface area contributed by atoms with E-state index in [2.05, 4.69) is 10.6 Å². The summed E-state index contributed by atoms with van der Waals surface area (Å²) in [5.41, 5.74) is 0.888. The molecule has 0 unspecified atom stereocenters. The molecule has 0 bridgehead atoms. The Bertz CT molecular complexity index is 853. The van der Waals surface area contributed by atoms with Gasteiger partial charge in [0.1, 0.15) is 6.04 Å². The molecule has 0 radical (unpaired) electrons. The first-order chi connectivity index (χ1) is 13.4. The van der Waals surface area contributed by atoms with Crippen LogP contribution in [-0.4, -0.2) is 40.9 Å². The Balaban J connectivity index is 2.01. The van der Waals surface area contributed by atoms with Crippen molar-refractivity contribution in [1.82, 2.24) is 5.32 Å².